The van der Waals surface area contributed by atoms with Crippen molar-refractivity contribution in [1.82, 2.24) is 45.2 Å². The third kappa shape index (κ3) is 9.91. The van der Waals surface area contributed by atoms with Crippen LogP contribution in [0, 0.1) is 12.8 Å². The van der Waals surface area contributed by atoms with E-state index in [0.717, 1.165) is 85.4 Å². The smallest absolute Gasteiger partial charge is 0.254 e. The molecule has 6 heterocycles. The SMILES string of the molecule is Cc1ncsc1-c1ccc([C@H](C)NC(=O)[C@@H]2C[C@@H](O)CN2C(=O)C(c2cc(OCCCCCCN3CCC(n4nc(N)c5nnc(-c6ccccc6O)cc54)CC3)no2)C(C)C)cc1. The van der Waals surface area contributed by atoms with Crippen molar-refractivity contribution in [3.05, 3.63) is 83.2 Å². The number of nitrogens with zero attached hydrogens (tertiary/aromatic N) is 8. The van der Waals surface area contributed by atoms with Crippen molar-refractivity contribution < 1.29 is 29.1 Å². The van der Waals surface area contributed by atoms with Crippen LogP contribution in [0.4, 0.5) is 5.82 Å². The van der Waals surface area contributed by atoms with E-state index < -0.39 is 18.1 Å². The summed E-state index contributed by atoms with van der Waals surface area (Å²) in [6, 6.07) is 17.8. The number of nitrogens with one attached hydrogen (secondary N) is 1. The zero-order valence-corrected chi connectivity index (χ0v) is 37.7. The van der Waals surface area contributed by atoms with Gasteiger partial charge in [-0.05, 0) is 86.5 Å². The number of rotatable bonds is 17. The highest BCUT2D eigenvalue weighted by molar-refractivity contribution is 7.13. The molecule has 0 aliphatic carbocycles. The van der Waals surface area contributed by atoms with Crippen LogP contribution in [0.3, 0.4) is 0 Å². The molecule has 2 aliphatic heterocycles. The largest absolute Gasteiger partial charge is 0.507 e. The van der Waals surface area contributed by atoms with Gasteiger partial charge in [0.2, 0.25) is 11.8 Å². The van der Waals surface area contributed by atoms with E-state index in [1.165, 1.54) is 4.90 Å². The summed E-state index contributed by atoms with van der Waals surface area (Å²) in [4.78, 5) is 37.2. The number of aryl methyl sites for hydroxylation is 1. The molecule has 6 aromatic rings. The summed E-state index contributed by atoms with van der Waals surface area (Å²) in [6.07, 6.45) is 5.24. The lowest BCUT2D eigenvalue weighted by molar-refractivity contribution is -0.141. The van der Waals surface area contributed by atoms with Crippen molar-refractivity contribution in [2.45, 2.75) is 103 Å². The molecule has 16 nitrogen and oxygen atoms in total. The van der Waals surface area contributed by atoms with E-state index in [0.29, 0.717) is 40.8 Å². The lowest BCUT2D eigenvalue weighted by Gasteiger charge is -2.32. The van der Waals surface area contributed by atoms with E-state index in [9.17, 15) is 19.8 Å². The number of thiazole rings is 1. The van der Waals surface area contributed by atoms with Crippen LogP contribution in [-0.2, 0) is 9.59 Å². The summed E-state index contributed by atoms with van der Waals surface area (Å²) < 4.78 is 13.6. The number of amides is 2. The second-order valence-electron chi connectivity index (χ2n) is 17.5. The fraction of sp³-hybridized carbons (Fsp3) is 0.468. The number of aromatic hydroxyl groups is 1. The van der Waals surface area contributed by atoms with Gasteiger partial charge >= 0.3 is 0 Å². The standard InChI is InChI=1S/C47H58N10O6S/c1-28(2)42(47(61)56-26-34(58)23-38(56)46(60)50-29(3)31-13-15-32(16-14-31)44-30(4)49-27-64-44)40-25-41(54-63-40)62-22-10-6-5-9-19-55-20-17-33(18-21-55)57-37-24-36(35-11-7-8-12-39(35)59)51-52-43(37)45(48)53-57/h7-8,11-16,24-25,27-29,33-34,38,42,58-59H,5-6,9-10,17-23,26H2,1-4H3,(H2,48,53)(H,50,60)/t29-,34+,38-,42?/m0/s1. The second-order valence-corrected chi connectivity index (χ2v) is 18.3. The number of phenolic OH excluding ortho intramolecular Hbond substituents is 1. The van der Waals surface area contributed by atoms with E-state index in [1.807, 2.05) is 80.4 Å². The van der Waals surface area contributed by atoms with Crippen molar-refractivity contribution in [2.24, 2.45) is 5.92 Å². The molecule has 338 valence electrons. The summed E-state index contributed by atoms with van der Waals surface area (Å²) in [5.74, 6) is -0.255. The number of unbranched alkanes of at least 4 members (excludes halogenated alkanes) is 3. The van der Waals surface area contributed by atoms with Crippen LogP contribution in [0.1, 0.15) is 101 Å². The number of phenols is 1. The third-order valence-electron chi connectivity index (χ3n) is 12.6. The van der Waals surface area contributed by atoms with Crippen LogP contribution in [0.2, 0.25) is 0 Å². The summed E-state index contributed by atoms with van der Waals surface area (Å²) in [6.45, 7) is 11.2. The summed E-state index contributed by atoms with van der Waals surface area (Å²) in [5.41, 5.74) is 13.7. The number of benzene rings is 2. The molecule has 64 heavy (non-hydrogen) atoms. The van der Waals surface area contributed by atoms with E-state index in [4.69, 9.17) is 15.0 Å². The number of piperidine rings is 1. The number of ether oxygens (including phenoxy) is 1. The average Bonchev–Trinajstić information content (AvgIpc) is 4.10. The number of aromatic nitrogens is 6. The van der Waals surface area contributed by atoms with Crippen molar-refractivity contribution in [3.63, 3.8) is 0 Å². The van der Waals surface area contributed by atoms with Crippen LogP contribution in [0.15, 0.2) is 70.7 Å². The number of nitrogens with two attached hydrogens (primary N) is 1. The number of para-hydroxylation sites is 1. The zero-order valence-electron chi connectivity index (χ0n) is 36.9. The first-order valence-electron chi connectivity index (χ1n) is 22.4. The fourth-order valence-electron chi connectivity index (χ4n) is 9.01. The third-order valence-corrected chi connectivity index (χ3v) is 13.5. The summed E-state index contributed by atoms with van der Waals surface area (Å²) in [5, 5.41) is 41.5. The number of aliphatic hydroxyl groups is 1. The number of nitrogen functional groups attached to an aromatic ring is 1. The topological polar surface area (TPSA) is 211 Å². The molecular weight excluding hydrogens is 833 g/mol. The Morgan fingerprint density at radius 1 is 1.02 bits per heavy atom. The first-order chi connectivity index (χ1) is 30.9. The van der Waals surface area contributed by atoms with Gasteiger partial charge in [0.15, 0.2) is 17.1 Å². The number of likely N-dealkylation sites (tertiary alicyclic amines) is 2. The predicted molar refractivity (Wildman–Crippen MR) is 245 cm³/mol. The molecule has 2 amide bonds. The molecule has 0 spiro atoms. The van der Waals surface area contributed by atoms with Gasteiger partial charge in [-0.3, -0.25) is 14.3 Å². The number of carbonyl (C=O) groups excluding carboxylic acids is 2. The van der Waals surface area contributed by atoms with E-state index in [-0.39, 0.29) is 48.5 Å². The maximum Gasteiger partial charge on any atom is 0.254 e. The van der Waals surface area contributed by atoms with Crippen LogP contribution in [0.25, 0.3) is 32.7 Å². The normalized spacial score (nSPS) is 18.2. The Balaban J connectivity index is 0.766. The van der Waals surface area contributed by atoms with Crippen LogP contribution < -0.4 is 15.8 Å². The Bertz CT molecular complexity index is 2530. The molecule has 2 saturated heterocycles. The molecule has 0 radical (unpaired) electrons. The minimum atomic E-state index is -0.819. The lowest BCUT2D eigenvalue weighted by Crippen LogP contribution is -2.48. The van der Waals surface area contributed by atoms with Gasteiger partial charge in [-0.15, -0.1) is 21.5 Å². The highest BCUT2D eigenvalue weighted by atomic mass is 32.1. The number of β-amino-alcohol motifs (C(OH)–C–C–N with tert-alkyl or cyclic N) is 1. The maximum atomic E-state index is 14.1. The highest BCUT2D eigenvalue weighted by Gasteiger charge is 2.43. The Kier molecular flexibility index (Phi) is 13.9. The average molecular weight is 891 g/mol. The van der Waals surface area contributed by atoms with Gasteiger partial charge in [0.05, 0.1) is 52.1 Å². The van der Waals surface area contributed by atoms with Gasteiger partial charge in [-0.2, -0.15) is 5.10 Å². The first-order valence-corrected chi connectivity index (χ1v) is 23.2. The Morgan fingerprint density at radius 2 is 1.78 bits per heavy atom. The molecule has 4 aromatic heterocycles. The molecule has 5 N–H and O–H groups in total. The molecular formula is C47H58N10O6S. The van der Waals surface area contributed by atoms with Crippen molar-refractivity contribution in [1.29, 1.82) is 0 Å². The van der Waals surface area contributed by atoms with Gasteiger partial charge in [0.1, 0.15) is 17.7 Å². The summed E-state index contributed by atoms with van der Waals surface area (Å²) >= 11 is 1.59. The first kappa shape index (κ1) is 44.7. The molecule has 2 fully saturated rings. The fourth-order valence-corrected chi connectivity index (χ4v) is 9.82. The molecule has 1 unspecified atom stereocenters. The molecule has 2 aromatic carbocycles. The second kappa shape index (κ2) is 19.9. The van der Waals surface area contributed by atoms with Gasteiger partial charge in [0, 0.05) is 37.7 Å². The van der Waals surface area contributed by atoms with Crippen molar-refractivity contribution in [2.75, 3.05) is 38.5 Å². The van der Waals surface area contributed by atoms with Gasteiger partial charge < -0.3 is 40.3 Å². The molecule has 8 rings (SSSR count). The van der Waals surface area contributed by atoms with Crippen molar-refractivity contribution >= 4 is 40.0 Å². The maximum absolute atomic E-state index is 14.1. The molecule has 2 aliphatic rings. The van der Waals surface area contributed by atoms with Crippen LogP contribution >= 0.6 is 11.3 Å². The lowest BCUT2D eigenvalue weighted by atomic mass is 9.91. The molecule has 4 atom stereocenters. The predicted octanol–water partition coefficient (Wildman–Crippen LogP) is 7.06. The zero-order chi connectivity index (χ0) is 44.9. The molecule has 0 saturated carbocycles. The minimum Gasteiger partial charge on any atom is -0.507 e. The number of fused-ring (bicyclic) bond motifs is 1. The molecule has 0 bridgehead atoms. The van der Waals surface area contributed by atoms with E-state index in [2.05, 4.69) is 35.7 Å². The van der Waals surface area contributed by atoms with Gasteiger partial charge in [0.25, 0.3) is 5.88 Å². The quantitative estimate of drug-likeness (QED) is 0.0677. The number of aliphatic hydroxyl groups excluding tert-OH is 1. The van der Waals surface area contributed by atoms with Crippen LogP contribution in [-0.4, -0.2) is 107 Å². The van der Waals surface area contributed by atoms with E-state index in [1.54, 1.807) is 29.5 Å². The number of hydrogen-bond donors (Lipinski definition) is 4. The number of carbonyl (C=O) groups is 2. The van der Waals surface area contributed by atoms with Crippen LogP contribution in [0.5, 0.6) is 11.6 Å². The van der Waals surface area contributed by atoms with Crippen molar-refractivity contribution in [3.8, 4) is 33.3 Å². The highest BCUT2D eigenvalue weighted by Crippen LogP contribution is 2.35. The molecule has 17 heteroatoms. The number of anilines is 1. The Morgan fingerprint density at radius 3 is 2.52 bits per heavy atom. The summed E-state index contributed by atoms with van der Waals surface area (Å²) in [7, 11) is 0. The Labute approximate surface area is 376 Å². The number of hydrogen-bond acceptors (Lipinski definition) is 14. The Hall–Kier alpha value is -5.91. The van der Waals surface area contributed by atoms with Gasteiger partial charge in [-0.1, -0.05) is 63.1 Å². The van der Waals surface area contributed by atoms with Gasteiger partial charge in [-0.25, -0.2) is 4.98 Å². The monoisotopic (exact) mass is 890 g/mol. The van der Waals surface area contributed by atoms with E-state index >= 15 is 0 Å². The minimum absolute atomic E-state index is 0.0606.